The Morgan fingerprint density at radius 1 is 1.04 bits per heavy atom. The molecule has 3 rings (SSSR count). The summed E-state index contributed by atoms with van der Waals surface area (Å²) in [6.45, 7) is 4.83. The van der Waals surface area contributed by atoms with Crippen LogP contribution in [0.25, 0.3) is 10.9 Å². The van der Waals surface area contributed by atoms with Crippen molar-refractivity contribution in [3.8, 4) is 5.75 Å². The first-order valence-corrected chi connectivity index (χ1v) is 8.88. The molecule has 0 amide bonds. The summed E-state index contributed by atoms with van der Waals surface area (Å²) in [5.41, 5.74) is 3.55. The average Bonchev–Trinajstić information content (AvgIpc) is 2.54. The van der Waals surface area contributed by atoms with Gasteiger partial charge in [0.15, 0.2) is 0 Å². The molecular weight excluding hydrogens is 326 g/mol. The van der Waals surface area contributed by atoms with E-state index in [0.29, 0.717) is 11.6 Å². The molecule has 0 saturated heterocycles. The number of halogens is 1. The fraction of sp³-hybridized carbons (Fsp3) is 0.211. The Bertz CT molecular complexity index is 835. The number of para-hydroxylation sites is 2. The molecule has 0 fully saturated rings. The monoisotopic (exact) mass is 343 g/mol. The fourth-order valence-electron chi connectivity index (χ4n) is 2.46. The zero-order chi connectivity index (χ0) is 16.2. The lowest BCUT2D eigenvalue weighted by molar-refractivity contribution is 0.344. The van der Waals surface area contributed by atoms with Gasteiger partial charge in [-0.3, -0.25) is 0 Å². The average molecular weight is 344 g/mol. The maximum absolute atomic E-state index is 6.08. The van der Waals surface area contributed by atoms with Crippen LogP contribution in [0, 0.1) is 13.8 Å². The van der Waals surface area contributed by atoms with Gasteiger partial charge in [0.05, 0.1) is 22.2 Å². The van der Waals surface area contributed by atoms with Crippen LogP contribution in [0.5, 0.6) is 5.75 Å². The molecule has 3 aromatic rings. The Labute approximate surface area is 145 Å². The van der Waals surface area contributed by atoms with E-state index in [-0.39, 0.29) is 0 Å². The third-order valence-electron chi connectivity index (χ3n) is 3.65. The second-order valence-electron chi connectivity index (χ2n) is 5.38. The molecule has 0 N–H and O–H groups in total. The van der Waals surface area contributed by atoms with E-state index in [1.165, 1.54) is 16.5 Å². The van der Waals surface area contributed by atoms with Gasteiger partial charge >= 0.3 is 0 Å². The van der Waals surface area contributed by atoms with Gasteiger partial charge in [-0.05, 0) is 43.2 Å². The molecule has 0 aliphatic heterocycles. The topological polar surface area (TPSA) is 22.1 Å². The highest BCUT2D eigenvalue weighted by atomic mass is 35.5. The van der Waals surface area contributed by atoms with E-state index >= 15 is 0 Å². The summed E-state index contributed by atoms with van der Waals surface area (Å²) in [7, 11) is 0. The second kappa shape index (κ2) is 7.24. The number of thioether (sulfide) groups is 1. The van der Waals surface area contributed by atoms with Gasteiger partial charge in [-0.15, -0.1) is 11.8 Å². The van der Waals surface area contributed by atoms with Gasteiger partial charge in [-0.25, -0.2) is 4.98 Å². The largest absolute Gasteiger partial charge is 0.491 e. The first kappa shape index (κ1) is 16.2. The second-order valence-corrected chi connectivity index (χ2v) is 6.90. The molecule has 0 aliphatic carbocycles. The Morgan fingerprint density at radius 2 is 1.87 bits per heavy atom. The third-order valence-corrected chi connectivity index (χ3v) is 4.84. The molecular formula is C19H18ClNOS. The molecule has 2 aromatic carbocycles. The summed E-state index contributed by atoms with van der Waals surface area (Å²) >= 11 is 7.78. The van der Waals surface area contributed by atoms with E-state index in [4.69, 9.17) is 21.3 Å². The molecule has 118 valence electrons. The van der Waals surface area contributed by atoms with Gasteiger partial charge in [-0.1, -0.05) is 41.9 Å². The number of hydrogen-bond acceptors (Lipinski definition) is 3. The lowest BCUT2D eigenvalue weighted by Crippen LogP contribution is -2.01. The third kappa shape index (κ3) is 3.80. The molecule has 1 heterocycles. The number of aryl methyl sites for hydroxylation is 2. The SMILES string of the molecule is Cc1cc(SCCOc2ccccc2Cl)nc2c(C)cccc12. The smallest absolute Gasteiger partial charge is 0.137 e. The number of nitrogens with zero attached hydrogens (tertiary/aromatic N) is 1. The highest BCUT2D eigenvalue weighted by Gasteiger charge is 2.06. The molecule has 0 saturated carbocycles. The number of hydrogen-bond donors (Lipinski definition) is 0. The zero-order valence-corrected chi connectivity index (χ0v) is 14.7. The van der Waals surface area contributed by atoms with Crippen molar-refractivity contribution in [3.05, 3.63) is 64.7 Å². The van der Waals surface area contributed by atoms with Gasteiger partial charge in [0.25, 0.3) is 0 Å². The Morgan fingerprint density at radius 3 is 2.70 bits per heavy atom. The van der Waals surface area contributed by atoms with Crippen LogP contribution in [0.15, 0.2) is 53.6 Å². The van der Waals surface area contributed by atoms with Crippen molar-refractivity contribution in [2.24, 2.45) is 0 Å². The zero-order valence-electron chi connectivity index (χ0n) is 13.2. The molecule has 0 radical (unpaired) electrons. The van der Waals surface area contributed by atoms with Crippen molar-refractivity contribution in [2.45, 2.75) is 18.9 Å². The lowest BCUT2D eigenvalue weighted by Gasteiger charge is -2.09. The minimum Gasteiger partial charge on any atom is -0.491 e. The Kier molecular flexibility index (Phi) is 5.09. The molecule has 0 bridgehead atoms. The minimum absolute atomic E-state index is 0.598. The number of pyridine rings is 1. The number of aromatic nitrogens is 1. The van der Waals surface area contributed by atoms with Crippen LogP contribution in [0.4, 0.5) is 0 Å². The number of rotatable bonds is 5. The summed E-state index contributed by atoms with van der Waals surface area (Å²) < 4.78 is 5.72. The van der Waals surface area contributed by atoms with Gasteiger partial charge in [-0.2, -0.15) is 0 Å². The molecule has 4 heteroatoms. The van der Waals surface area contributed by atoms with Crippen molar-refractivity contribution < 1.29 is 4.74 Å². The van der Waals surface area contributed by atoms with Crippen molar-refractivity contribution in [1.29, 1.82) is 0 Å². The van der Waals surface area contributed by atoms with E-state index < -0.39 is 0 Å². The Balaban J connectivity index is 1.66. The van der Waals surface area contributed by atoms with E-state index in [1.54, 1.807) is 11.8 Å². The summed E-state index contributed by atoms with van der Waals surface area (Å²) in [6, 6.07) is 16.0. The highest BCUT2D eigenvalue weighted by molar-refractivity contribution is 7.99. The van der Waals surface area contributed by atoms with Crippen LogP contribution < -0.4 is 4.74 Å². The van der Waals surface area contributed by atoms with Crippen LogP contribution in [0.3, 0.4) is 0 Å². The maximum Gasteiger partial charge on any atom is 0.137 e. The van der Waals surface area contributed by atoms with Crippen molar-refractivity contribution in [3.63, 3.8) is 0 Å². The summed E-state index contributed by atoms with van der Waals surface area (Å²) in [4.78, 5) is 4.78. The standard InChI is InChI=1S/C19H18ClNOS/c1-13-6-5-7-15-14(2)12-18(21-19(13)15)23-11-10-22-17-9-4-3-8-16(17)20/h3-9,12H,10-11H2,1-2H3. The quantitative estimate of drug-likeness (QED) is 0.439. The molecule has 23 heavy (non-hydrogen) atoms. The van der Waals surface area contributed by atoms with Crippen molar-refractivity contribution >= 4 is 34.3 Å². The highest BCUT2D eigenvalue weighted by Crippen LogP contribution is 2.26. The molecule has 0 spiro atoms. The van der Waals surface area contributed by atoms with E-state index in [0.717, 1.165) is 22.0 Å². The normalized spacial score (nSPS) is 10.9. The first-order chi connectivity index (χ1) is 11.1. The molecule has 2 nitrogen and oxygen atoms in total. The van der Waals surface area contributed by atoms with Gasteiger partial charge in [0, 0.05) is 11.1 Å². The van der Waals surface area contributed by atoms with E-state index in [2.05, 4.69) is 38.1 Å². The fourth-order valence-corrected chi connectivity index (χ4v) is 3.45. The van der Waals surface area contributed by atoms with Crippen LogP contribution in [-0.4, -0.2) is 17.3 Å². The molecule has 0 unspecified atom stereocenters. The van der Waals surface area contributed by atoms with Crippen molar-refractivity contribution in [2.75, 3.05) is 12.4 Å². The van der Waals surface area contributed by atoms with Crippen LogP contribution >= 0.6 is 23.4 Å². The predicted molar refractivity (Wildman–Crippen MR) is 98.9 cm³/mol. The van der Waals surface area contributed by atoms with E-state index in [9.17, 15) is 0 Å². The number of ether oxygens (including phenoxy) is 1. The number of fused-ring (bicyclic) bond motifs is 1. The lowest BCUT2D eigenvalue weighted by atomic mass is 10.1. The summed E-state index contributed by atoms with van der Waals surface area (Å²) in [6.07, 6.45) is 0. The molecule has 0 atom stereocenters. The van der Waals surface area contributed by atoms with Crippen molar-refractivity contribution in [1.82, 2.24) is 4.98 Å². The van der Waals surface area contributed by atoms with Crippen LogP contribution in [0.2, 0.25) is 5.02 Å². The summed E-state index contributed by atoms with van der Waals surface area (Å²) in [5.74, 6) is 1.56. The van der Waals surface area contributed by atoms with E-state index in [1.807, 2.05) is 24.3 Å². The predicted octanol–water partition coefficient (Wildman–Crippen LogP) is 5.68. The van der Waals surface area contributed by atoms with Crippen LogP contribution in [-0.2, 0) is 0 Å². The van der Waals surface area contributed by atoms with Gasteiger partial charge < -0.3 is 4.74 Å². The molecule has 1 aromatic heterocycles. The number of benzene rings is 2. The van der Waals surface area contributed by atoms with Gasteiger partial charge in [0.1, 0.15) is 5.75 Å². The summed E-state index contributed by atoms with van der Waals surface area (Å²) in [5, 5.41) is 2.90. The Hall–Kier alpha value is -1.71. The molecule has 0 aliphatic rings. The maximum atomic E-state index is 6.08. The van der Waals surface area contributed by atoms with Gasteiger partial charge in [0.2, 0.25) is 0 Å². The first-order valence-electron chi connectivity index (χ1n) is 7.52. The minimum atomic E-state index is 0.598. The van der Waals surface area contributed by atoms with Crippen LogP contribution in [0.1, 0.15) is 11.1 Å².